The molecule has 0 aromatic heterocycles. The van der Waals surface area contributed by atoms with Crippen LogP contribution in [-0.4, -0.2) is 0 Å². The van der Waals surface area contributed by atoms with Crippen molar-refractivity contribution in [1.82, 2.24) is 0 Å². The normalized spacial score (nSPS) is 14.9. The molecule has 3 heteroatoms. The SMILES string of the molecule is CC=CC[C]1C=CC=C1.[Cl][Zr][Cl]. The van der Waals surface area contributed by atoms with Gasteiger partial charge in [-0.05, 0) is 13.3 Å². The average Bonchev–Trinajstić information content (AvgIpc) is 2.54. The Kier molecular flexibility index (Phi) is 10.3. The predicted octanol–water partition coefficient (Wildman–Crippen LogP) is 4.03. The topological polar surface area (TPSA) is 0 Å². The third kappa shape index (κ3) is 7.34. The number of allylic oxidation sites excluding steroid dienone is 6. The van der Waals surface area contributed by atoms with E-state index < -0.39 is 20.8 Å². The van der Waals surface area contributed by atoms with E-state index in [1.54, 1.807) is 0 Å². The molecule has 1 rings (SSSR count). The van der Waals surface area contributed by atoms with Crippen LogP contribution < -0.4 is 0 Å². The minimum absolute atomic E-state index is 0.826. The molecule has 0 atom stereocenters. The number of hydrogen-bond acceptors (Lipinski definition) is 0. The van der Waals surface area contributed by atoms with Crippen molar-refractivity contribution in [3.63, 3.8) is 0 Å². The zero-order chi connectivity index (χ0) is 9.23. The molecule has 65 valence electrons. The quantitative estimate of drug-likeness (QED) is 0.670. The molecule has 0 aromatic carbocycles. The standard InChI is InChI=1S/C9H11.2ClH.Zr/c1-2-3-6-9-7-4-5-8-9;;;/h2-5,7-8H,6H2,1H3;2*1H;/q;;;+2/p-2. The van der Waals surface area contributed by atoms with Crippen molar-refractivity contribution in [2.45, 2.75) is 13.3 Å². The molecule has 0 unspecified atom stereocenters. The van der Waals surface area contributed by atoms with E-state index in [0.717, 1.165) is 6.42 Å². The molecule has 0 spiro atoms. The molecule has 0 N–H and O–H groups in total. The van der Waals surface area contributed by atoms with Crippen molar-refractivity contribution in [3.8, 4) is 0 Å². The fraction of sp³-hybridized carbons (Fsp3) is 0.222. The Labute approximate surface area is 93.0 Å². The molecule has 0 heterocycles. The molecule has 12 heavy (non-hydrogen) atoms. The van der Waals surface area contributed by atoms with Gasteiger partial charge in [-0.1, -0.05) is 36.5 Å². The van der Waals surface area contributed by atoms with Crippen molar-refractivity contribution in [2.75, 3.05) is 0 Å². The van der Waals surface area contributed by atoms with Crippen LogP contribution in [0.3, 0.4) is 0 Å². The van der Waals surface area contributed by atoms with Crippen molar-refractivity contribution in [2.24, 2.45) is 0 Å². The van der Waals surface area contributed by atoms with E-state index in [1.807, 2.05) is 6.92 Å². The fourth-order valence-electron chi connectivity index (χ4n) is 0.804. The summed E-state index contributed by atoms with van der Waals surface area (Å²) in [5.41, 5.74) is 0. The second-order valence-corrected chi connectivity index (χ2v) is 5.87. The van der Waals surface area contributed by atoms with Gasteiger partial charge in [-0.15, -0.1) is 0 Å². The molecule has 0 amide bonds. The molecule has 0 fully saturated rings. The van der Waals surface area contributed by atoms with Gasteiger partial charge in [0.05, 0.1) is 0 Å². The summed E-state index contributed by atoms with van der Waals surface area (Å²) >= 11 is -0.826. The molecule has 0 saturated heterocycles. The second kappa shape index (κ2) is 9.77. The monoisotopic (exact) mass is 279 g/mol. The van der Waals surface area contributed by atoms with Crippen LogP contribution in [0.25, 0.3) is 0 Å². The summed E-state index contributed by atoms with van der Waals surface area (Å²) in [5.74, 6) is 1.40. The van der Waals surface area contributed by atoms with Crippen LogP contribution >= 0.6 is 17.0 Å². The summed E-state index contributed by atoms with van der Waals surface area (Å²) in [6, 6.07) is 0. The van der Waals surface area contributed by atoms with Crippen molar-refractivity contribution >= 4 is 17.0 Å². The average molecular weight is 281 g/mol. The molecular weight excluding hydrogens is 270 g/mol. The van der Waals surface area contributed by atoms with Crippen LogP contribution in [0.5, 0.6) is 0 Å². The summed E-state index contributed by atoms with van der Waals surface area (Å²) < 4.78 is 0. The van der Waals surface area contributed by atoms with Crippen LogP contribution in [0.15, 0.2) is 36.5 Å². The number of rotatable bonds is 2. The summed E-state index contributed by atoms with van der Waals surface area (Å²) in [6.07, 6.45) is 13.7. The fourth-order valence-corrected chi connectivity index (χ4v) is 0.804. The Hall–Kier alpha value is 0.683. The van der Waals surface area contributed by atoms with Gasteiger partial charge in [0.2, 0.25) is 0 Å². The van der Waals surface area contributed by atoms with Gasteiger partial charge in [-0.25, -0.2) is 0 Å². The predicted molar refractivity (Wildman–Crippen MR) is 52.7 cm³/mol. The Morgan fingerprint density at radius 1 is 1.33 bits per heavy atom. The zero-order valence-electron chi connectivity index (χ0n) is 6.93. The number of halogens is 2. The van der Waals surface area contributed by atoms with Gasteiger partial charge in [0.15, 0.2) is 0 Å². The summed E-state index contributed by atoms with van der Waals surface area (Å²) in [6.45, 7) is 2.04. The van der Waals surface area contributed by atoms with Gasteiger partial charge in [0, 0.05) is 5.92 Å². The van der Waals surface area contributed by atoms with Gasteiger partial charge >= 0.3 is 37.9 Å². The van der Waals surface area contributed by atoms with E-state index in [0.29, 0.717) is 0 Å². The molecule has 0 bridgehead atoms. The Bertz CT molecular complexity index is 161. The minimum atomic E-state index is -0.826. The molecular formula is C9H11Cl2Zr. The molecule has 1 aliphatic rings. The van der Waals surface area contributed by atoms with E-state index >= 15 is 0 Å². The molecule has 0 aliphatic heterocycles. The Balaban J connectivity index is 0.000000354. The van der Waals surface area contributed by atoms with Gasteiger partial charge in [-0.2, -0.15) is 0 Å². The van der Waals surface area contributed by atoms with Crippen LogP contribution in [0.1, 0.15) is 13.3 Å². The van der Waals surface area contributed by atoms with Gasteiger partial charge in [0.1, 0.15) is 0 Å². The van der Waals surface area contributed by atoms with Crippen LogP contribution in [-0.2, 0) is 20.8 Å². The van der Waals surface area contributed by atoms with E-state index in [-0.39, 0.29) is 0 Å². The van der Waals surface area contributed by atoms with Crippen molar-refractivity contribution < 1.29 is 20.8 Å². The molecule has 0 aromatic rings. The number of hydrogen-bond donors (Lipinski definition) is 0. The van der Waals surface area contributed by atoms with Crippen LogP contribution in [0.4, 0.5) is 0 Å². The van der Waals surface area contributed by atoms with E-state index in [4.69, 9.17) is 17.0 Å². The van der Waals surface area contributed by atoms with Crippen molar-refractivity contribution in [3.05, 3.63) is 42.4 Å². The van der Waals surface area contributed by atoms with Gasteiger partial charge in [-0.3, -0.25) is 0 Å². The summed E-state index contributed by atoms with van der Waals surface area (Å²) in [4.78, 5) is 0. The summed E-state index contributed by atoms with van der Waals surface area (Å²) in [5, 5.41) is 0. The molecule has 0 nitrogen and oxygen atoms in total. The van der Waals surface area contributed by atoms with Gasteiger partial charge < -0.3 is 0 Å². The van der Waals surface area contributed by atoms with Gasteiger partial charge in [0.25, 0.3) is 0 Å². The van der Waals surface area contributed by atoms with E-state index in [9.17, 15) is 0 Å². The van der Waals surface area contributed by atoms with Crippen LogP contribution in [0.2, 0.25) is 0 Å². The molecule has 0 saturated carbocycles. The molecule has 1 radical (unpaired) electrons. The maximum atomic E-state index is 4.93. The third-order valence-corrected chi connectivity index (χ3v) is 1.32. The maximum absolute atomic E-state index is 4.93. The first-order valence-electron chi connectivity index (χ1n) is 3.63. The van der Waals surface area contributed by atoms with Crippen molar-refractivity contribution in [1.29, 1.82) is 0 Å². The Morgan fingerprint density at radius 2 is 1.83 bits per heavy atom. The first-order chi connectivity index (χ1) is 5.85. The second-order valence-electron chi connectivity index (χ2n) is 2.14. The Morgan fingerprint density at radius 3 is 2.25 bits per heavy atom. The zero-order valence-corrected chi connectivity index (χ0v) is 10.9. The summed E-state index contributed by atoms with van der Waals surface area (Å²) in [7, 11) is 9.87. The van der Waals surface area contributed by atoms with Crippen LogP contribution in [0, 0.1) is 5.92 Å². The third-order valence-electron chi connectivity index (χ3n) is 1.32. The van der Waals surface area contributed by atoms with E-state index in [1.165, 1.54) is 5.92 Å². The first-order valence-corrected chi connectivity index (χ1v) is 9.96. The van der Waals surface area contributed by atoms with E-state index in [2.05, 4.69) is 36.5 Å². The first kappa shape index (κ1) is 12.7. The molecule has 1 aliphatic carbocycles.